The molecular formula is C16H21N3O4S. The zero-order valence-electron chi connectivity index (χ0n) is 14.1. The minimum absolute atomic E-state index is 0.217. The number of hydrogen-bond donors (Lipinski definition) is 2. The molecule has 2 aromatic heterocycles. The second-order valence-corrected chi connectivity index (χ2v) is 6.84. The van der Waals surface area contributed by atoms with Crippen molar-refractivity contribution in [1.29, 1.82) is 0 Å². The average Bonchev–Trinajstić information content (AvgIpc) is 2.84. The molecule has 0 amide bonds. The third kappa shape index (κ3) is 3.81. The molecule has 0 aromatic carbocycles. The summed E-state index contributed by atoms with van der Waals surface area (Å²) in [5, 5.41) is 13.1. The number of carboxylic acids is 1. The standard InChI is InChI=1S/C16H21N3O4S/c1-5-23-16(22)12-9(4)11-13(17-7-18-14(11)24-12)19-10(15(20)21)6-8(2)3/h7-8,10H,5-6H2,1-4H3,(H,20,21)(H,17,18,19)/t10-/m1/s1. The summed E-state index contributed by atoms with van der Waals surface area (Å²) in [6.07, 6.45) is 1.83. The molecule has 2 N–H and O–H groups in total. The van der Waals surface area contributed by atoms with Crippen molar-refractivity contribution in [3.8, 4) is 0 Å². The molecule has 2 rings (SSSR count). The Morgan fingerprint density at radius 1 is 1.38 bits per heavy atom. The summed E-state index contributed by atoms with van der Waals surface area (Å²) in [6.45, 7) is 7.75. The van der Waals surface area contributed by atoms with E-state index < -0.39 is 18.0 Å². The van der Waals surface area contributed by atoms with Crippen LogP contribution in [0.2, 0.25) is 0 Å². The number of esters is 1. The molecular weight excluding hydrogens is 330 g/mol. The van der Waals surface area contributed by atoms with Gasteiger partial charge >= 0.3 is 11.9 Å². The molecule has 0 saturated heterocycles. The highest BCUT2D eigenvalue weighted by Crippen LogP contribution is 2.34. The van der Waals surface area contributed by atoms with Gasteiger partial charge in [-0.3, -0.25) is 0 Å². The van der Waals surface area contributed by atoms with E-state index in [2.05, 4.69) is 15.3 Å². The van der Waals surface area contributed by atoms with Crippen molar-refractivity contribution in [3.05, 3.63) is 16.8 Å². The smallest absolute Gasteiger partial charge is 0.348 e. The molecule has 130 valence electrons. The lowest BCUT2D eigenvalue weighted by Crippen LogP contribution is -2.31. The number of rotatable bonds is 7. The maximum atomic E-state index is 12.0. The van der Waals surface area contributed by atoms with E-state index in [0.717, 1.165) is 0 Å². The largest absolute Gasteiger partial charge is 0.480 e. The van der Waals surface area contributed by atoms with Crippen molar-refractivity contribution < 1.29 is 19.4 Å². The van der Waals surface area contributed by atoms with Gasteiger partial charge in [0.25, 0.3) is 0 Å². The summed E-state index contributed by atoms with van der Waals surface area (Å²) in [5.74, 6) is -0.693. The molecule has 0 unspecified atom stereocenters. The predicted octanol–water partition coefficient (Wildman–Crippen LogP) is 3.09. The van der Waals surface area contributed by atoms with E-state index in [9.17, 15) is 14.7 Å². The number of nitrogens with one attached hydrogen (secondary N) is 1. The van der Waals surface area contributed by atoms with Crippen LogP contribution in [-0.2, 0) is 9.53 Å². The number of carbonyl (C=O) groups excluding carboxylic acids is 1. The van der Waals surface area contributed by atoms with Crippen LogP contribution < -0.4 is 5.32 Å². The third-order valence-corrected chi connectivity index (χ3v) is 4.68. The van der Waals surface area contributed by atoms with E-state index in [1.54, 1.807) is 13.8 Å². The summed E-state index contributed by atoms with van der Waals surface area (Å²) in [5.41, 5.74) is 0.699. The number of thiophene rings is 1. The fourth-order valence-electron chi connectivity index (χ4n) is 2.43. The van der Waals surface area contributed by atoms with Gasteiger partial charge in [0.1, 0.15) is 27.9 Å². The number of aliphatic carboxylic acids is 1. The number of fused-ring (bicyclic) bond motifs is 1. The maximum Gasteiger partial charge on any atom is 0.348 e. The molecule has 24 heavy (non-hydrogen) atoms. The van der Waals surface area contributed by atoms with Gasteiger partial charge in [0.05, 0.1) is 12.0 Å². The molecule has 0 aliphatic rings. The second kappa shape index (κ2) is 7.57. The quantitative estimate of drug-likeness (QED) is 0.739. The lowest BCUT2D eigenvalue weighted by Gasteiger charge is -2.17. The Balaban J connectivity index is 2.44. The Kier molecular flexibility index (Phi) is 5.71. The molecule has 0 aliphatic carbocycles. The Bertz CT molecular complexity index is 757. The normalized spacial score (nSPS) is 12.4. The highest BCUT2D eigenvalue weighted by Gasteiger charge is 2.24. The fourth-order valence-corrected chi connectivity index (χ4v) is 3.47. The van der Waals surface area contributed by atoms with Gasteiger partial charge < -0.3 is 15.2 Å². The average molecular weight is 351 g/mol. The van der Waals surface area contributed by atoms with Crippen molar-refractivity contribution in [1.82, 2.24) is 9.97 Å². The number of aromatic nitrogens is 2. The number of ether oxygens (including phenoxy) is 1. The third-order valence-electron chi connectivity index (χ3n) is 3.50. The van der Waals surface area contributed by atoms with Gasteiger partial charge in [-0.25, -0.2) is 19.6 Å². The summed E-state index contributed by atoms with van der Waals surface area (Å²) < 4.78 is 5.06. The van der Waals surface area contributed by atoms with Crippen LogP contribution in [-0.4, -0.2) is 39.7 Å². The molecule has 0 saturated carbocycles. The fraction of sp³-hybridized carbons (Fsp3) is 0.500. The van der Waals surface area contributed by atoms with E-state index in [4.69, 9.17) is 4.74 Å². The molecule has 0 bridgehead atoms. The highest BCUT2D eigenvalue weighted by molar-refractivity contribution is 7.20. The molecule has 2 aromatic rings. The van der Waals surface area contributed by atoms with Gasteiger partial charge in [0.15, 0.2) is 0 Å². The van der Waals surface area contributed by atoms with E-state index in [1.807, 2.05) is 13.8 Å². The van der Waals surface area contributed by atoms with Crippen LogP contribution in [0.25, 0.3) is 10.2 Å². The van der Waals surface area contributed by atoms with Crippen LogP contribution in [0.15, 0.2) is 6.33 Å². The molecule has 0 fully saturated rings. The number of hydrogen-bond acceptors (Lipinski definition) is 7. The van der Waals surface area contributed by atoms with Gasteiger partial charge in [-0.2, -0.15) is 0 Å². The molecule has 0 aliphatic heterocycles. The minimum Gasteiger partial charge on any atom is -0.480 e. The SMILES string of the molecule is CCOC(=O)c1sc2ncnc(N[C@H](CC(C)C)C(=O)O)c2c1C. The summed E-state index contributed by atoms with van der Waals surface area (Å²) >= 11 is 1.22. The predicted molar refractivity (Wildman–Crippen MR) is 92.6 cm³/mol. The number of nitrogens with zero attached hydrogens (tertiary/aromatic N) is 2. The van der Waals surface area contributed by atoms with Gasteiger partial charge in [0.2, 0.25) is 0 Å². The van der Waals surface area contributed by atoms with Crippen molar-refractivity contribution in [2.24, 2.45) is 5.92 Å². The zero-order valence-corrected chi connectivity index (χ0v) is 14.9. The van der Waals surface area contributed by atoms with E-state index in [1.165, 1.54) is 17.7 Å². The number of carboxylic acid groups (broad SMARTS) is 1. The summed E-state index contributed by atoms with van der Waals surface area (Å²) in [6, 6.07) is -0.756. The molecule has 8 heteroatoms. The van der Waals surface area contributed by atoms with Crippen LogP contribution in [0.3, 0.4) is 0 Å². The lowest BCUT2D eigenvalue weighted by molar-refractivity contribution is -0.138. The van der Waals surface area contributed by atoms with E-state index in [0.29, 0.717) is 39.5 Å². The zero-order chi connectivity index (χ0) is 17.9. The monoisotopic (exact) mass is 351 g/mol. The van der Waals surface area contributed by atoms with Crippen LogP contribution in [0.5, 0.6) is 0 Å². The van der Waals surface area contributed by atoms with Crippen LogP contribution in [0.1, 0.15) is 42.4 Å². The van der Waals surface area contributed by atoms with Crippen molar-refractivity contribution in [2.45, 2.75) is 40.2 Å². The van der Waals surface area contributed by atoms with Crippen molar-refractivity contribution >= 4 is 39.3 Å². The van der Waals surface area contributed by atoms with Crippen LogP contribution in [0, 0.1) is 12.8 Å². The Morgan fingerprint density at radius 2 is 2.08 bits per heavy atom. The first-order valence-corrected chi connectivity index (χ1v) is 8.57. The molecule has 7 nitrogen and oxygen atoms in total. The first-order chi connectivity index (χ1) is 11.3. The van der Waals surface area contributed by atoms with E-state index in [-0.39, 0.29) is 5.92 Å². The molecule has 2 heterocycles. The van der Waals surface area contributed by atoms with Gasteiger partial charge in [-0.05, 0) is 31.7 Å². The molecule has 1 atom stereocenters. The first kappa shape index (κ1) is 18.1. The Morgan fingerprint density at radius 3 is 2.67 bits per heavy atom. The minimum atomic E-state index is -0.936. The summed E-state index contributed by atoms with van der Waals surface area (Å²) in [4.78, 5) is 33.0. The maximum absolute atomic E-state index is 12.0. The van der Waals surface area contributed by atoms with Gasteiger partial charge in [-0.15, -0.1) is 11.3 Å². The molecule has 0 spiro atoms. The van der Waals surface area contributed by atoms with Crippen molar-refractivity contribution in [3.63, 3.8) is 0 Å². The number of anilines is 1. The topological polar surface area (TPSA) is 101 Å². The van der Waals surface area contributed by atoms with Crippen LogP contribution >= 0.6 is 11.3 Å². The Labute approximate surface area is 144 Å². The van der Waals surface area contributed by atoms with Gasteiger partial charge in [-0.1, -0.05) is 13.8 Å². The molecule has 0 radical (unpaired) electrons. The van der Waals surface area contributed by atoms with Crippen LogP contribution in [0.4, 0.5) is 5.82 Å². The number of aryl methyl sites for hydroxylation is 1. The summed E-state index contributed by atoms with van der Waals surface area (Å²) in [7, 11) is 0. The number of carbonyl (C=O) groups is 2. The second-order valence-electron chi connectivity index (χ2n) is 5.84. The lowest BCUT2D eigenvalue weighted by atomic mass is 10.0. The van der Waals surface area contributed by atoms with E-state index >= 15 is 0 Å². The highest BCUT2D eigenvalue weighted by atomic mass is 32.1. The van der Waals surface area contributed by atoms with Gasteiger partial charge in [0, 0.05) is 0 Å². The first-order valence-electron chi connectivity index (χ1n) is 7.75. The Hall–Kier alpha value is -2.22. The van der Waals surface area contributed by atoms with Crippen molar-refractivity contribution in [2.75, 3.05) is 11.9 Å².